The zero-order valence-corrected chi connectivity index (χ0v) is 11.2. The zero-order chi connectivity index (χ0) is 13.8. The van der Waals surface area contributed by atoms with E-state index in [1.54, 1.807) is 48.5 Å². The van der Waals surface area contributed by atoms with Gasteiger partial charge in [-0.1, -0.05) is 23.2 Å². The fraction of sp³-hybridized carbons (Fsp3) is 0. The molecular formula is C14H9Cl2NO2. The Labute approximate surface area is 120 Å². The predicted octanol–water partition coefficient (Wildman–Crippen LogP) is 3.56. The number of imide groups is 1. The lowest BCUT2D eigenvalue weighted by Crippen LogP contribution is -2.30. The standard InChI is InChI=1S/C14H9Cl2NO2/c15-11-5-1-9(2-6-11)13(18)17-14(19)10-3-7-12(16)8-4-10/h1-8H,(H,17,18,19). The normalized spacial score (nSPS) is 10.0. The number of hydrogen-bond donors (Lipinski definition) is 1. The van der Waals surface area contributed by atoms with Gasteiger partial charge in [0.2, 0.25) is 0 Å². The Morgan fingerprint density at radius 3 is 1.32 bits per heavy atom. The smallest absolute Gasteiger partial charge is 0.258 e. The van der Waals surface area contributed by atoms with Crippen LogP contribution in [-0.2, 0) is 0 Å². The van der Waals surface area contributed by atoms with Gasteiger partial charge in [-0.15, -0.1) is 0 Å². The summed E-state index contributed by atoms with van der Waals surface area (Å²) < 4.78 is 0. The van der Waals surface area contributed by atoms with E-state index in [9.17, 15) is 9.59 Å². The second kappa shape index (κ2) is 5.87. The first-order valence-electron chi connectivity index (χ1n) is 5.43. The number of amides is 2. The molecule has 3 nitrogen and oxygen atoms in total. The Morgan fingerprint density at radius 1 is 0.684 bits per heavy atom. The zero-order valence-electron chi connectivity index (χ0n) is 9.69. The Morgan fingerprint density at radius 2 is 1.00 bits per heavy atom. The van der Waals surface area contributed by atoms with Crippen LogP contribution in [0.3, 0.4) is 0 Å². The molecule has 0 saturated heterocycles. The lowest BCUT2D eigenvalue weighted by molar-refractivity contribution is 0.0849. The van der Waals surface area contributed by atoms with E-state index in [0.717, 1.165) is 0 Å². The third-order valence-corrected chi connectivity index (χ3v) is 2.94. The summed E-state index contributed by atoms with van der Waals surface area (Å²) in [6, 6.07) is 12.5. The first-order chi connectivity index (χ1) is 9.06. The third kappa shape index (κ3) is 3.56. The first kappa shape index (κ1) is 13.6. The van der Waals surface area contributed by atoms with Gasteiger partial charge in [0.15, 0.2) is 0 Å². The molecule has 0 saturated carbocycles. The van der Waals surface area contributed by atoms with Crippen LogP contribution in [0.1, 0.15) is 20.7 Å². The topological polar surface area (TPSA) is 46.2 Å². The average Bonchev–Trinajstić information content (AvgIpc) is 2.40. The molecule has 96 valence electrons. The van der Waals surface area contributed by atoms with Gasteiger partial charge in [0.25, 0.3) is 11.8 Å². The van der Waals surface area contributed by atoms with Crippen molar-refractivity contribution in [1.82, 2.24) is 5.32 Å². The van der Waals surface area contributed by atoms with Gasteiger partial charge in [0.1, 0.15) is 0 Å². The van der Waals surface area contributed by atoms with E-state index in [1.165, 1.54) is 0 Å². The van der Waals surface area contributed by atoms with Crippen molar-refractivity contribution in [2.24, 2.45) is 0 Å². The van der Waals surface area contributed by atoms with Gasteiger partial charge in [-0.3, -0.25) is 14.9 Å². The van der Waals surface area contributed by atoms with Crippen molar-refractivity contribution < 1.29 is 9.59 Å². The molecule has 0 bridgehead atoms. The lowest BCUT2D eigenvalue weighted by Gasteiger charge is -2.04. The minimum Gasteiger partial charge on any atom is -0.288 e. The summed E-state index contributed by atoms with van der Waals surface area (Å²) in [6.07, 6.45) is 0. The van der Waals surface area contributed by atoms with E-state index in [0.29, 0.717) is 21.2 Å². The fourth-order valence-electron chi connectivity index (χ4n) is 1.45. The molecule has 0 atom stereocenters. The maximum atomic E-state index is 11.8. The number of nitrogens with one attached hydrogen (secondary N) is 1. The van der Waals surface area contributed by atoms with Crippen LogP contribution >= 0.6 is 23.2 Å². The molecule has 5 heteroatoms. The molecule has 2 aromatic carbocycles. The number of halogens is 2. The summed E-state index contributed by atoms with van der Waals surface area (Å²) in [4.78, 5) is 23.6. The Hall–Kier alpha value is -1.84. The molecule has 0 aliphatic heterocycles. The lowest BCUT2D eigenvalue weighted by atomic mass is 10.2. The molecule has 19 heavy (non-hydrogen) atoms. The Kier molecular flexibility index (Phi) is 4.20. The monoisotopic (exact) mass is 293 g/mol. The Balaban J connectivity index is 2.08. The van der Waals surface area contributed by atoms with E-state index in [-0.39, 0.29) is 0 Å². The number of carbonyl (C=O) groups is 2. The van der Waals surface area contributed by atoms with Gasteiger partial charge in [-0.2, -0.15) is 0 Å². The van der Waals surface area contributed by atoms with Gasteiger partial charge in [0, 0.05) is 21.2 Å². The summed E-state index contributed by atoms with van der Waals surface area (Å²) in [5, 5.41) is 3.34. The highest BCUT2D eigenvalue weighted by Gasteiger charge is 2.11. The van der Waals surface area contributed by atoms with E-state index in [1.807, 2.05) is 0 Å². The summed E-state index contributed by atoms with van der Waals surface area (Å²) in [6.45, 7) is 0. The van der Waals surface area contributed by atoms with Crippen LogP contribution in [0.15, 0.2) is 48.5 Å². The molecule has 0 heterocycles. The predicted molar refractivity (Wildman–Crippen MR) is 74.7 cm³/mol. The van der Waals surface area contributed by atoms with Gasteiger partial charge in [-0.25, -0.2) is 0 Å². The highest BCUT2D eigenvalue weighted by atomic mass is 35.5. The largest absolute Gasteiger partial charge is 0.288 e. The molecular weight excluding hydrogens is 285 g/mol. The van der Waals surface area contributed by atoms with Gasteiger partial charge < -0.3 is 0 Å². The van der Waals surface area contributed by atoms with Crippen molar-refractivity contribution in [2.45, 2.75) is 0 Å². The summed E-state index contributed by atoms with van der Waals surface area (Å²) in [5.41, 5.74) is 0.735. The van der Waals surface area contributed by atoms with Gasteiger partial charge in [0.05, 0.1) is 0 Å². The van der Waals surface area contributed by atoms with Crippen molar-refractivity contribution in [1.29, 1.82) is 0 Å². The van der Waals surface area contributed by atoms with Crippen molar-refractivity contribution in [3.63, 3.8) is 0 Å². The number of rotatable bonds is 2. The minimum absolute atomic E-state index is 0.367. The molecule has 0 unspecified atom stereocenters. The third-order valence-electron chi connectivity index (χ3n) is 2.44. The second-order valence-corrected chi connectivity index (χ2v) is 4.67. The molecule has 1 N–H and O–H groups in total. The SMILES string of the molecule is O=C(NC(=O)c1ccc(Cl)cc1)c1ccc(Cl)cc1. The number of carbonyl (C=O) groups excluding carboxylic acids is 2. The van der Waals surface area contributed by atoms with Crippen molar-refractivity contribution in [3.05, 3.63) is 69.7 Å². The molecule has 0 aliphatic rings. The molecule has 2 rings (SSSR count). The summed E-state index contributed by atoms with van der Waals surface area (Å²) >= 11 is 11.4. The molecule has 0 aliphatic carbocycles. The Bertz CT molecular complexity index is 551. The summed E-state index contributed by atoms with van der Waals surface area (Å²) in [5.74, 6) is -0.951. The average molecular weight is 294 g/mol. The van der Waals surface area contributed by atoms with E-state index >= 15 is 0 Å². The maximum Gasteiger partial charge on any atom is 0.258 e. The molecule has 0 fully saturated rings. The van der Waals surface area contributed by atoms with E-state index < -0.39 is 11.8 Å². The maximum absolute atomic E-state index is 11.8. The highest BCUT2D eigenvalue weighted by molar-refractivity contribution is 6.31. The van der Waals surface area contributed by atoms with Crippen LogP contribution in [0.2, 0.25) is 10.0 Å². The number of benzene rings is 2. The molecule has 2 amide bonds. The van der Waals surface area contributed by atoms with Gasteiger partial charge >= 0.3 is 0 Å². The molecule has 0 spiro atoms. The van der Waals surface area contributed by atoms with Crippen LogP contribution in [0, 0.1) is 0 Å². The van der Waals surface area contributed by atoms with Gasteiger partial charge in [-0.05, 0) is 48.5 Å². The quantitative estimate of drug-likeness (QED) is 0.861. The van der Waals surface area contributed by atoms with Crippen LogP contribution in [0.25, 0.3) is 0 Å². The van der Waals surface area contributed by atoms with E-state index in [4.69, 9.17) is 23.2 Å². The molecule has 0 aromatic heterocycles. The first-order valence-corrected chi connectivity index (χ1v) is 6.18. The van der Waals surface area contributed by atoms with E-state index in [2.05, 4.69) is 5.32 Å². The fourth-order valence-corrected chi connectivity index (χ4v) is 1.70. The molecule has 2 aromatic rings. The van der Waals surface area contributed by atoms with Crippen LogP contribution in [-0.4, -0.2) is 11.8 Å². The van der Waals surface area contributed by atoms with Crippen molar-refractivity contribution in [2.75, 3.05) is 0 Å². The van der Waals surface area contributed by atoms with Crippen LogP contribution < -0.4 is 5.32 Å². The van der Waals surface area contributed by atoms with Crippen molar-refractivity contribution >= 4 is 35.0 Å². The van der Waals surface area contributed by atoms with Crippen LogP contribution in [0.5, 0.6) is 0 Å². The highest BCUT2D eigenvalue weighted by Crippen LogP contribution is 2.11. The molecule has 0 radical (unpaired) electrons. The van der Waals surface area contributed by atoms with Crippen LogP contribution in [0.4, 0.5) is 0 Å². The second-order valence-electron chi connectivity index (χ2n) is 3.80. The minimum atomic E-state index is -0.475. The summed E-state index contributed by atoms with van der Waals surface area (Å²) in [7, 11) is 0. The van der Waals surface area contributed by atoms with Crippen molar-refractivity contribution in [3.8, 4) is 0 Å². The number of hydrogen-bond acceptors (Lipinski definition) is 2.